The van der Waals surface area contributed by atoms with Crippen molar-refractivity contribution in [3.8, 4) is 0 Å². The standard InChI is InChI=1S/C28H40N6OS2Si/c1-6-29-26(36)33-31-21(3)24(32-34-27(37)30-7-2)18-13-14-20-35-38(22-15-9-8-10-16-22)25-19-12-11-17-23(25)28(38,4)5/h8-12,15-17,19H,6-7,13-14,18,20H2,1-5H3,(H2,29,33,36)(H2,30,34,37)/q-1/b31-21+,32-24-. The molecular formula is C28H40N6OS2Si-. The molecule has 2 aromatic carbocycles. The van der Waals surface area contributed by atoms with Crippen LogP contribution >= 0.6 is 24.4 Å². The lowest BCUT2D eigenvalue weighted by Gasteiger charge is -2.67. The molecule has 1 aliphatic rings. The van der Waals surface area contributed by atoms with E-state index in [2.05, 4.69) is 100 Å². The lowest BCUT2D eigenvalue weighted by atomic mass is 10.0. The van der Waals surface area contributed by atoms with E-state index in [0.717, 1.165) is 43.8 Å². The highest BCUT2D eigenvalue weighted by molar-refractivity contribution is 7.80. The van der Waals surface area contributed by atoms with Crippen molar-refractivity contribution in [2.24, 2.45) is 10.2 Å². The fourth-order valence-corrected chi connectivity index (χ4v) is 10.4. The minimum atomic E-state index is -2.36. The van der Waals surface area contributed by atoms with Gasteiger partial charge in [-0.05, 0) is 64.5 Å². The zero-order chi connectivity index (χ0) is 27.6. The zero-order valence-corrected chi connectivity index (χ0v) is 25.7. The largest absolute Gasteiger partial charge is 0.558 e. The summed E-state index contributed by atoms with van der Waals surface area (Å²) in [7, 11) is -2.36. The van der Waals surface area contributed by atoms with Crippen molar-refractivity contribution in [3.05, 3.63) is 60.2 Å². The van der Waals surface area contributed by atoms with Gasteiger partial charge in [-0.15, -0.1) is 0 Å². The maximum atomic E-state index is 6.96. The van der Waals surface area contributed by atoms with E-state index in [-0.39, 0.29) is 5.04 Å². The number of nitrogens with one attached hydrogen (secondary N) is 4. The minimum absolute atomic E-state index is 0.00329. The summed E-state index contributed by atoms with van der Waals surface area (Å²) >= 11 is 10.5. The van der Waals surface area contributed by atoms with E-state index in [1.807, 2.05) is 20.8 Å². The predicted molar refractivity (Wildman–Crippen MR) is 170 cm³/mol. The Bertz CT molecular complexity index is 1170. The number of hydrazone groups is 2. The Morgan fingerprint density at radius 2 is 1.47 bits per heavy atom. The monoisotopic (exact) mass is 568 g/mol. The first-order valence-corrected chi connectivity index (χ1v) is 16.0. The van der Waals surface area contributed by atoms with Gasteiger partial charge in [0.25, 0.3) is 0 Å². The quantitative estimate of drug-likeness (QED) is 0.103. The van der Waals surface area contributed by atoms with Crippen LogP contribution in [0.1, 0.15) is 59.4 Å². The summed E-state index contributed by atoms with van der Waals surface area (Å²) in [5.41, 5.74) is 8.79. The zero-order valence-electron chi connectivity index (χ0n) is 23.1. The summed E-state index contributed by atoms with van der Waals surface area (Å²) in [6, 6.07) is 19.6. The Morgan fingerprint density at radius 3 is 2.13 bits per heavy atom. The molecule has 205 valence electrons. The highest BCUT2D eigenvalue weighted by Crippen LogP contribution is 2.42. The molecule has 0 fully saturated rings. The van der Waals surface area contributed by atoms with Crippen LogP contribution in [-0.2, 0) is 9.46 Å². The SMILES string of the molecule is CCNC(=S)N/N=C(CCCCO[Si-]1(c2ccccc2)c2ccccc2C1(C)C)\C(C)=N\NC(=S)NCC. The molecule has 1 atom stereocenters. The van der Waals surface area contributed by atoms with Crippen LogP contribution in [0.3, 0.4) is 0 Å². The number of hydrogen-bond donors (Lipinski definition) is 4. The van der Waals surface area contributed by atoms with E-state index in [9.17, 15) is 0 Å². The number of rotatable bonds is 12. The predicted octanol–water partition coefficient (Wildman–Crippen LogP) is 3.46. The van der Waals surface area contributed by atoms with Gasteiger partial charge in [0.1, 0.15) is 0 Å². The smallest absolute Gasteiger partial charge is 0.186 e. The number of benzene rings is 2. The van der Waals surface area contributed by atoms with Gasteiger partial charge in [-0.2, -0.15) is 20.6 Å². The van der Waals surface area contributed by atoms with Crippen molar-refractivity contribution in [3.63, 3.8) is 0 Å². The molecule has 3 rings (SSSR count). The van der Waals surface area contributed by atoms with E-state index in [0.29, 0.717) is 16.8 Å². The van der Waals surface area contributed by atoms with Crippen molar-refractivity contribution in [2.45, 2.75) is 58.9 Å². The van der Waals surface area contributed by atoms with Gasteiger partial charge in [-0.1, -0.05) is 79.0 Å². The molecule has 1 unspecified atom stereocenters. The van der Waals surface area contributed by atoms with Crippen LogP contribution in [0.2, 0.25) is 0 Å². The molecule has 7 nitrogen and oxygen atoms in total. The average molecular weight is 569 g/mol. The van der Waals surface area contributed by atoms with Gasteiger partial charge in [-0.3, -0.25) is 10.9 Å². The molecule has 0 aromatic heterocycles. The van der Waals surface area contributed by atoms with Crippen LogP contribution in [-0.4, -0.2) is 49.7 Å². The van der Waals surface area contributed by atoms with Crippen LogP contribution in [0.4, 0.5) is 0 Å². The molecular weight excluding hydrogens is 529 g/mol. The number of hydrogen-bond acceptors (Lipinski definition) is 5. The van der Waals surface area contributed by atoms with Crippen molar-refractivity contribution in [1.82, 2.24) is 21.5 Å². The summed E-state index contributed by atoms with van der Waals surface area (Å²) in [6.07, 6.45) is 2.54. The lowest BCUT2D eigenvalue weighted by Crippen LogP contribution is -2.80. The van der Waals surface area contributed by atoms with Crippen molar-refractivity contribution < 1.29 is 4.43 Å². The Balaban J connectivity index is 1.68. The maximum Gasteiger partial charge on any atom is 0.186 e. The first-order chi connectivity index (χ1) is 18.3. The molecule has 0 saturated heterocycles. The maximum absolute atomic E-state index is 6.96. The molecule has 0 spiro atoms. The minimum Gasteiger partial charge on any atom is -0.558 e. The molecule has 38 heavy (non-hydrogen) atoms. The third-order valence-corrected chi connectivity index (χ3v) is 12.4. The summed E-state index contributed by atoms with van der Waals surface area (Å²) in [4.78, 5) is 0. The van der Waals surface area contributed by atoms with Crippen molar-refractivity contribution in [1.29, 1.82) is 0 Å². The number of thiocarbonyl (C=S) groups is 2. The number of unbranched alkanes of at least 4 members (excludes halogenated alkanes) is 1. The van der Waals surface area contributed by atoms with Gasteiger partial charge >= 0.3 is 0 Å². The molecule has 0 aliphatic carbocycles. The molecule has 4 N–H and O–H groups in total. The molecule has 0 saturated carbocycles. The Labute approximate surface area is 239 Å². The van der Waals surface area contributed by atoms with Crippen LogP contribution < -0.4 is 31.9 Å². The van der Waals surface area contributed by atoms with Crippen molar-refractivity contribution >= 4 is 64.8 Å². The molecule has 1 aliphatic heterocycles. The topological polar surface area (TPSA) is 82.1 Å². The summed E-state index contributed by atoms with van der Waals surface area (Å²) < 4.78 is 6.96. The van der Waals surface area contributed by atoms with Gasteiger partial charge in [0, 0.05) is 19.7 Å². The Kier molecular flexibility index (Phi) is 11.0. The summed E-state index contributed by atoms with van der Waals surface area (Å²) in [5, 5.41) is 18.7. The van der Waals surface area contributed by atoms with Crippen LogP contribution in [0.15, 0.2) is 64.8 Å². The summed E-state index contributed by atoms with van der Waals surface area (Å²) in [6.45, 7) is 12.7. The second-order valence-corrected chi connectivity index (χ2v) is 14.6. The van der Waals surface area contributed by atoms with E-state index < -0.39 is 8.32 Å². The second-order valence-electron chi connectivity index (χ2n) is 9.72. The van der Waals surface area contributed by atoms with E-state index in [1.165, 1.54) is 15.9 Å². The summed E-state index contributed by atoms with van der Waals surface area (Å²) in [5.74, 6) is 0. The average Bonchev–Trinajstić information content (AvgIpc) is 2.91. The highest BCUT2D eigenvalue weighted by atomic mass is 32.1. The number of fused-ring (bicyclic) bond motifs is 1. The molecule has 10 heteroatoms. The van der Waals surface area contributed by atoms with Crippen LogP contribution in [0.5, 0.6) is 0 Å². The Morgan fingerprint density at radius 1 is 0.868 bits per heavy atom. The molecule has 0 bridgehead atoms. The van der Waals surface area contributed by atoms with E-state index in [1.54, 1.807) is 0 Å². The van der Waals surface area contributed by atoms with E-state index in [4.69, 9.17) is 28.9 Å². The Hall–Kier alpha value is -2.66. The van der Waals surface area contributed by atoms with Gasteiger partial charge in [-0.25, -0.2) is 0 Å². The third kappa shape index (κ3) is 6.66. The van der Waals surface area contributed by atoms with Gasteiger partial charge < -0.3 is 15.1 Å². The van der Waals surface area contributed by atoms with Gasteiger partial charge in [0.2, 0.25) is 0 Å². The molecule has 0 radical (unpaired) electrons. The van der Waals surface area contributed by atoms with Crippen LogP contribution in [0, 0.1) is 0 Å². The van der Waals surface area contributed by atoms with Gasteiger partial charge in [0.05, 0.1) is 19.7 Å². The normalized spacial score (nSPS) is 18.1. The first kappa shape index (κ1) is 29.9. The van der Waals surface area contributed by atoms with Crippen LogP contribution in [0.25, 0.3) is 0 Å². The first-order valence-electron chi connectivity index (χ1n) is 13.3. The van der Waals surface area contributed by atoms with Gasteiger partial charge in [0.15, 0.2) is 10.2 Å². The molecule has 0 amide bonds. The highest BCUT2D eigenvalue weighted by Gasteiger charge is 2.50. The van der Waals surface area contributed by atoms with E-state index >= 15 is 0 Å². The number of nitrogens with zero attached hydrogens (tertiary/aromatic N) is 2. The lowest BCUT2D eigenvalue weighted by molar-refractivity contribution is 0.281. The molecule has 1 heterocycles. The molecule has 2 aromatic rings. The van der Waals surface area contributed by atoms with Crippen molar-refractivity contribution in [2.75, 3.05) is 19.7 Å². The fraction of sp³-hybridized carbons (Fsp3) is 0.429. The second kappa shape index (κ2) is 13.9. The third-order valence-electron chi connectivity index (χ3n) is 6.88. The fourth-order valence-electron chi connectivity index (χ4n) is 4.98.